The standard InChI is InChI=1S/C20H25NO2S/c1-4-8-19(16-9-6-5-7-10-16)21-20(22)15(2)23-17-11-13-18(24-3)14-12-17/h5-7,9-15,19H,4,8H2,1-3H3,(H,21,22). The Bertz CT molecular complexity index is 628. The van der Waals surface area contributed by atoms with E-state index in [0.717, 1.165) is 18.4 Å². The van der Waals surface area contributed by atoms with Crippen LogP contribution in [0.4, 0.5) is 0 Å². The maximum Gasteiger partial charge on any atom is 0.261 e. The molecule has 0 radical (unpaired) electrons. The lowest BCUT2D eigenvalue weighted by Crippen LogP contribution is -2.38. The van der Waals surface area contributed by atoms with Crippen molar-refractivity contribution in [1.82, 2.24) is 5.32 Å². The van der Waals surface area contributed by atoms with Crippen LogP contribution in [0, 0.1) is 0 Å². The van der Waals surface area contributed by atoms with Crippen molar-refractivity contribution in [1.29, 1.82) is 0 Å². The Morgan fingerprint density at radius 3 is 2.38 bits per heavy atom. The van der Waals surface area contributed by atoms with Crippen molar-refractivity contribution in [3.05, 3.63) is 60.2 Å². The molecule has 0 aromatic heterocycles. The highest BCUT2D eigenvalue weighted by Gasteiger charge is 2.19. The number of amides is 1. The summed E-state index contributed by atoms with van der Waals surface area (Å²) in [6.07, 6.45) is 3.41. The zero-order valence-electron chi connectivity index (χ0n) is 14.5. The molecule has 2 unspecified atom stereocenters. The van der Waals surface area contributed by atoms with Gasteiger partial charge in [-0.3, -0.25) is 4.79 Å². The number of rotatable bonds is 8. The number of carbonyl (C=O) groups excluding carboxylic acids is 1. The smallest absolute Gasteiger partial charge is 0.261 e. The first-order valence-electron chi connectivity index (χ1n) is 8.30. The van der Waals surface area contributed by atoms with Crippen molar-refractivity contribution in [2.24, 2.45) is 0 Å². The van der Waals surface area contributed by atoms with Crippen LogP contribution in [0.15, 0.2) is 59.5 Å². The molecule has 4 heteroatoms. The van der Waals surface area contributed by atoms with Crippen molar-refractivity contribution in [3.63, 3.8) is 0 Å². The van der Waals surface area contributed by atoms with E-state index < -0.39 is 6.10 Å². The third-order valence-corrected chi connectivity index (χ3v) is 4.58. The molecule has 0 spiro atoms. The van der Waals surface area contributed by atoms with Crippen molar-refractivity contribution < 1.29 is 9.53 Å². The Morgan fingerprint density at radius 1 is 1.12 bits per heavy atom. The summed E-state index contributed by atoms with van der Waals surface area (Å²) in [7, 11) is 0. The van der Waals surface area contributed by atoms with Gasteiger partial charge in [-0.05, 0) is 49.4 Å². The van der Waals surface area contributed by atoms with Gasteiger partial charge in [0.25, 0.3) is 5.91 Å². The molecule has 0 bridgehead atoms. The molecule has 0 aliphatic heterocycles. The Hall–Kier alpha value is -1.94. The van der Waals surface area contributed by atoms with E-state index in [9.17, 15) is 4.79 Å². The summed E-state index contributed by atoms with van der Waals surface area (Å²) in [6, 6.07) is 17.9. The summed E-state index contributed by atoms with van der Waals surface area (Å²) in [5.74, 6) is 0.619. The Morgan fingerprint density at radius 2 is 1.79 bits per heavy atom. The summed E-state index contributed by atoms with van der Waals surface area (Å²) in [5.41, 5.74) is 1.13. The molecule has 3 nitrogen and oxygen atoms in total. The number of hydrogen-bond acceptors (Lipinski definition) is 3. The van der Waals surface area contributed by atoms with Gasteiger partial charge in [0.1, 0.15) is 5.75 Å². The first-order chi connectivity index (χ1) is 11.6. The fourth-order valence-corrected chi connectivity index (χ4v) is 2.91. The van der Waals surface area contributed by atoms with Gasteiger partial charge in [0.2, 0.25) is 0 Å². The van der Waals surface area contributed by atoms with Gasteiger partial charge < -0.3 is 10.1 Å². The average molecular weight is 343 g/mol. The molecule has 0 heterocycles. The van der Waals surface area contributed by atoms with E-state index in [4.69, 9.17) is 4.74 Å². The van der Waals surface area contributed by atoms with Crippen molar-refractivity contribution in [2.75, 3.05) is 6.26 Å². The van der Waals surface area contributed by atoms with E-state index >= 15 is 0 Å². The van der Waals surface area contributed by atoms with E-state index in [1.165, 1.54) is 4.90 Å². The minimum absolute atomic E-state index is 0.0219. The predicted molar refractivity (Wildman–Crippen MR) is 101 cm³/mol. The van der Waals surface area contributed by atoms with Crippen molar-refractivity contribution in [2.45, 2.75) is 43.7 Å². The minimum Gasteiger partial charge on any atom is -0.481 e. The Balaban J connectivity index is 1.97. The van der Waals surface area contributed by atoms with Crippen LogP contribution in [-0.4, -0.2) is 18.3 Å². The number of benzene rings is 2. The summed E-state index contributed by atoms with van der Waals surface area (Å²) in [6.45, 7) is 3.90. The molecule has 2 aromatic rings. The second-order valence-corrected chi connectivity index (χ2v) is 6.58. The van der Waals surface area contributed by atoms with E-state index in [1.54, 1.807) is 18.7 Å². The van der Waals surface area contributed by atoms with Gasteiger partial charge in [-0.2, -0.15) is 0 Å². The molecule has 0 aliphatic rings. The molecule has 0 saturated heterocycles. The van der Waals surface area contributed by atoms with Crippen LogP contribution >= 0.6 is 11.8 Å². The fourth-order valence-electron chi connectivity index (χ4n) is 2.50. The zero-order valence-corrected chi connectivity index (χ0v) is 15.3. The van der Waals surface area contributed by atoms with Gasteiger partial charge in [0.05, 0.1) is 6.04 Å². The predicted octanol–water partition coefficient (Wildman–Crippen LogP) is 4.83. The third kappa shape index (κ3) is 5.31. The summed E-state index contributed by atoms with van der Waals surface area (Å²) in [5, 5.41) is 3.11. The van der Waals surface area contributed by atoms with E-state index in [1.807, 2.05) is 60.9 Å². The second kappa shape index (κ2) is 9.38. The van der Waals surface area contributed by atoms with Gasteiger partial charge >= 0.3 is 0 Å². The topological polar surface area (TPSA) is 38.3 Å². The first-order valence-corrected chi connectivity index (χ1v) is 9.52. The van der Waals surface area contributed by atoms with Crippen LogP contribution in [0.25, 0.3) is 0 Å². The fraction of sp³-hybridized carbons (Fsp3) is 0.350. The SMILES string of the molecule is CCCC(NC(=O)C(C)Oc1ccc(SC)cc1)c1ccccc1. The largest absolute Gasteiger partial charge is 0.481 e. The van der Waals surface area contributed by atoms with E-state index in [-0.39, 0.29) is 11.9 Å². The van der Waals surface area contributed by atoms with Crippen molar-refractivity contribution in [3.8, 4) is 5.75 Å². The molecule has 24 heavy (non-hydrogen) atoms. The highest BCUT2D eigenvalue weighted by Crippen LogP contribution is 2.21. The van der Waals surface area contributed by atoms with Crippen LogP contribution in [-0.2, 0) is 4.79 Å². The molecule has 128 valence electrons. The number of carbonyl (C=O) groups is 1. The lowest BCUT2D eigenvalue weighted by molar-refractivity contribution is -0.128. The summed E-state index contributed by atoms with van der Waals surface area (Å²) < 4.78 is 5.77. The third-order valence-electron chi connectivity index (χ3n) is 3.84. The number of thioether (sulfide) groups is 1. The maximum atomic E-state index is 12.5. The molecule has 0 aliphatic carbocycles. The highest BCUT2D eigenvalue weighted by molar-refractivity contribution is 7.98. The molecule has 2 atom stereocenters. The minimum atomic E-state index is -0.534. The molecule has 0 fully saturated rings. The lowest BCUT2D eigenvalue weighted by Gasteiger charge is -2.22. The van der Waals surface area contributed by atoms with Crippen LogP contribution in [0.2, 0.25) is 0 Å². The second-order valence-electron chi connectivity index (χ2n) is 5.70. The van der Waals surface area contributed by atoms with Gasteiger partial charge in [0.15, 0.2) is 6.10 Å². The maximum absolute atomic E-state index is 12.5. The Kier molecular flexibility index (Phi) is 7.19. The molecule has 2 aromatic carbocycles. The molecular formula is C20H25NO2S. The van der Waals surface area contributed by atoms with Crippen LogP contribution in [0.1, 0.15) is 38.3 Å². The molecule has 2 rings (SSSR count). The zero-order chi connectivity index (χ0) is 17.4. The molecule has 0 saturated carbocycles. The van der Waals surface area contributed by atoms with Gasteiger partial charge in [-0.1, -0.05) is 43.7 Å². The molecule has 1 amide bonds. The van der Waals surface area contributed by atoms with E-state index in [2.05, 4.69) is 12.2 Å². The van der Waals surface area contributed by atoms with Crippen LogP contribution < -0.4 is 10.1 Å². The average Bonchev–Trinajstić information content (AvgIpc) is 2.62. The van der Waals surface area contributed by atoms with Gasteiger partial charge in [-0.15, -0.1) is 11.8 Å². The lowest BCUT2D eigenvalue weighted by atomic mass is 10.0. The molecular weight excluding hydrogens is 318 g/mol. The van der Waals surface area contributed by atoms with Crippen molar-refractivity contribution >= 4 is 17.7 Å². The normalized spacial score (nSPS) is 13.1. The van der Waals surface area contributed by atoms with E-state index in [0.29, 0.717) is 5.75 Å². The monoisotopic (exact) mass is 343 g/mol. The van der Waals surface area contributed by atoms with Gasteiger partial charge in [-0.25, -0.2) is 0 Å². The van der Waals surface area contributed by atoms with Gasteiger partial charge in [0, 0.05) is 4.90 Å². The summed E-state index contributed by atoms with van der Waals surface area (Å²) in [4.78, 5) is 13.7. The number of hydrogen-bond donors (Lipinski definition) is 1. The van der Waals surface area contributed by atoms with Crippen LogP contribution in [0.5, 0.6) is 5.75 Å². The number of ether oxygens (including phenoxy) is 1. The Labute approximate surface area is 148 Å². The molecule has 1 N–H and O–H groups in total. The first kappa shape index (κ1) is 18.4. The van der Waals surface area contributed by atoms with Crippen LogP contribution in [0.3, 0.4) is 0 Å². The number of nitrogens with one attached hydrogen (secondary N) is 1. The quantitative estimate of drug-likeness (QED) is 0.698. The highest BCUT2D eigenvalue weighted by atomic mass is 32.2. The summed E-state index contributed by atoms with van der Waals surface area (Å²) >= 11 is 1.68.